The van der Waals surface area contributed by atoms with Crippen LogP contribution in [0.2, 0.25) is 0 Å². The molecule has 0 bridgehead atoms. The summed E-state index contributed by atoms with van der Waals surface area (Å²) < 4.78 is 40.7. The molecule has 0 saturated carbocycles. The number of alkyl halides is 2. The second-order valence-electron chi connectivity index (χ2n) is 10.00. The van der Waals surface area contributed by atoms with Crippen molar-refractivity contribution in [2.24, 2.45) is 10.7 Å². The Bertz CT molecular complexity index is 1640. The van der Waals surface area contributed by atoms with E-state index in [9.17, 15) is 13.2 Å². The largest absolute Gasteiger partial charge is 0.404 e. The molecule has 1 fully saturated rings. The van der Waals surface area contributed by atoms with Gasteiger partial charge < -0.3 is 10.7 Å². The maximum absolute atomic E-state index is 13.6. The summed E-state index contributed by atoms with van der Waals surface area (Å²) in [6, 6.07) is 10.00. The lowest BCUT2D eigenvalue weighted by molar-refractivity contribution is 0.0131. The number of rotatable bonds is 8. The van der Waals surface area contributed by atoms with Crippen LogP contribution in [0.5, 0.6) is 0 Å². The molecule has 0 spiro atoms. The van der Waals surface area contributed by atoms with Crippen molar-refractivity contribution in [3.63, 3.8) is 0 Å². The van der Waals surface area contributed by atoms with Crippen molar-refractivity contribution in [2.75, 3.05) is 26.7 Å². The van der Waals surface area contributed by atoms with Crippen LogP contribution in [0.4, 0.5) is 13.2 Å². The van der Waals surface area contributed by atoms with Gasteiger partial charge in [-0.05, 0) is 42.3 Å². The molecule has 5 rings (SSSR count). The van der Waals surface area contributed by atoms with Crippen LogP contribution in [0.15, 0.2) is 72.0 Å². The number of pyridine rings is 1. The zero-order valence-electron chi connectivity index (χ0n) is 22.3. The zero-order valence-corrected chi connectivity index (χ0v) is 22.3. The molecule has 0 unspecified atom stereocenters. The number of likely N-dealkylation sites (tertiary alicyclic amines) is 1. The summed E-state index contributed by atoms with van der Waals surface area (Å²) in [7, 11) is 1.68. The molecular formula is C30H30F3N7. The van der Waals surface area contributed by atoms with Crippen molar-refractivity contribution in [2.45, 2.75) is 19.3 Å². The Labute approximate surface area is 230 Å². The number of H-pyrrole nitrogens is 2. The number of halogens is 3. The Balaban J connectivity index is 1.47. The Morgan fingerprint density at radius 2 is 2.02 bits per heavy atom. The quantitative estimate of drug-likeness (QED) is 0.193. The third kappa shape index (κ3) is 5.62. The first-order valence-corrected chi connectivity index (χ1v) is 12.8. The lowest BCUT2D eigenvalue weighted by atomic mass is 9.99. The summed E-state index contributed by atoms with van der Waals surface area (Å²) in [5.41, 5.74) is 13.4. The number of benzene rings is 1. The van der Waals surface area contributed by atoms with Gasteiger partial charge in [0, 0.05) is 55.5 Å². The van der Waals surface area contributed by atoms with E-state index in [1.807, 2.05) is 25.1 Å². The summed E-state index contributed by atoms with van der Waals surface area (Å²) in [6.45, 7) is 6.68. The van der Waals surface area contributed by atoms with E-state index in [2.05, 4.69) is 31.7 Å². The van der Waals surface area contributed by atoms with E-state index in [0.717, 1.165) is 39.0 Å². The number of nitrogens with two attached hydrogens (primary N) is 1. The van der Waals surface area contributed by atoms with Crippen molar-refractivity contribution < 1.29 is 13.2 Å². The molecule has 0 amide bonds. The third-order valence-electron chi connectivity index (χ3n) is 6.93. The molecule has 4 N–H and O–H groups in total. The molecule has 206 valence electrons. The Morgan fingerprint density at radius 1 is 1.25 bits per heavy atom. The predicted molar refractivity (Wildman–Crippen MR) is 154 cm³/mol. The van der Waals surface area contributed by atoms with E-state index in [4.69, 9.17) is 5.73 Å². The van der Waals surface area contributed by atoms with Crippen LogP contribution < -0.4 is 5.73 Å². The van der Waals surface area contributed by atoms with Crippen molar-refractivity contribution in [3.05, 3.63) is 95.4 Å². The maximum atomic E-state index is 13.6. The minimum absolute atomic E-state index is 0.120. The van der Waals surface area contributed by atoms with Crippen LogP contribution in [-0.4, -0.2) is 63.9 Å². The molecule has 10 heteroatoms. The van der Waals surface area contributed by atoms with Crippen LogP contribution in [0, 0.1) is 5.82 Å². The predicted octanol–water partition coefficient (Wildman–Crippen LogP) is 5.79. The van der Waals surface area contributed by atoms with E-state index in [1.165, 1.54) is 18.3 Å². The molecule has 4 aromatic rings. The van der Waals surface area contributed by atoms with Gasteiger partial charge in [0.05, 0.1) is 35.3 Å². The highest BCUT2D eigenvalue weighted by Crippen LogP contribution is 2.33. The standard InChI is InChI=1S/C30H30F3N7/c1-18(16-40-9-8-30(32,33)17-40)10-21(13-34)25-12-24-28(15-36-25)38-39-29(24)26-11-23(27(37-26)14-35-3)19(2)20-4-6-22(31)7-5-20/h4-7,10-15,37H,2,8-9,16-17,34H2,1,3H3,(H,38,39)/b18-10+,21-13+,35-14?. The topological polar surface area (TPSA) is 99.0 Å². The summed E-state index contributed by atoms with van der Waals surface area (Å²) >= 11 is 0. The number of nitrogens with one attached hydrogen (secondary N) is 2. The van der Waals surface area contributed by atoms with Crippen LogP contribution in [0.3, 0.4) is 0 Å². The fourth-order valence-electron chi connectivity index (χ4n) is 4.98. The first-order chi connectivity index (χ1) is 19.2. The average Bonchev–Trinajstić information content (AvgIpc) is 3.63. The molecule has 4 heterocycles. The summed E-state index contributed by atoms with van der Waals surface area (Å²) in [5, 5.41) is 8.37. The zero-order chi connectivity index (χ0) is 28.4. The first kappa shape index (κ1) is 27.1. The first-order valence-electron chi connectivity index (χ1n) is 12.8. The van der Waals surface area contributed by atoms with Gasteiger partial charge >= 0.3 is 0 Å². The molecule has 3 aromatic heterocycles. The number of nitrogens with zero attached hydrogens (tertiary/aromatic N) is 4. The Morgan fingerprint density at radius 3 is 2.70 bits per heavy atom. The van der Waals surface area contributed by atoms with Gasteiger partial charge in [0.1, 0.15) is 11.5 Å². The smallest absolute Gasteiger partial charge is 0.261 e. The van der Waals surface area contributed by atoms with Crippen LogP contribution in [-0.2, 0) is 0 Å². The fraction of sp³-hybridized carbons (Fsp3) is 0.233. The lowest BCUT2D eigenvalue weighted by Crippen LogP contribution is -2.26. The highest BCUT2D eigenvalue weighted by Gasteiger charge is 2.37. The molecule has 7 nitrogen and oxygen atoms in total. The third-order valence-corrected chi connectivity index (χ3v) is 6.93. The van der Waals surface area contributed by atoms with Crippen LogP contribution in [0.25, 0.3) is 33.4 Å². The van der Waals surface area contributed by atoms with Crippen molar-refractivity contribution in [1.29, 1.82) is 0 Å². The van der Waals surface area contributed by atoms with E-state index < -0.39 is 5.92 Å². The summed E-state index contributed by atoms with van der Waals surface area (Å²) in [5.74, 6) is -2.95. The van der Waals surface area contributed by atoms with Crippen LogP contribution in [0.1, 0.15) is 35.9 Å². The van der Waals surface area contributed by atoms with Crippen molar-refractivity contribution >= 4 is 28.3 Å². The highest BCUT2D eigenvalue weighted by molar-refractivity contribution is 5.97. The van der Waals surface area contributed by atoms with Gasteiger partial charge in [-0.1, -0.05) is 30.4 Å². The second-order valence-corrected chi connectivity index (χ2v) is 10.00. The van der Waals surface area contributed by atoms with Gasteiger partial charge in [-0.15, -0.1) is 0 Å². The summed E-state index contributed by atoms with van der Waals surface area (Å²) in [6.07, 6.45) is 6.61. The molecule has 40 heavy (non-hydrogen) atoms. The fourth-order valence-corrected chi connectivity index (χ4v) is 4.98. The minimum atomic E-state index is -2.64. The number of allylic oxidation sites excluding steroid dienone is 2. The highest BCUT2D eigenvalue weighted by atomic mass is 19.3. The number of hydrogen-bond donors (Lipinski definition) is 3. The van der Waals surface area contributed by atoms with Crippen molar-refractivity contribution in [1.82, 2.24) is 25.1 Å². The van der Waals surface area contributed by atoms with E-state index >= 15 is 0 Å². The van der Waals surface area contributed by atoms with Gasteiger partial charge in [0.15, 0.2) is 0 Å². The van der Waals surface area contributed by atoms with Crippen LogP contribution >= 0.6 is 0 Å². The second kappa shape index (κ2) is 11.0. The van der Waals surface area contributed by atoms with E-state index in [1.54, 1.807) is 36.5 Å². The molecule has 0 aliphatic carbocycles. The van der Waals surface area contributed by atoms with E-state index in [0.29, 0.717) is 35.6 Å². The molecule has 1 aliphatic rings. The molecule has 1 aromatic carbocycles. The molecule has 1 aliphatic heterocycles. The minimum Gasteiger partial charge on any atom is -0.404 e. The van der Waals surface area contributed by atoms with Gasteiger partial charge in [-0.25, -0.2) is 13.2 Å². The summed E-state index contributed by atoms with van der Waals surface area (Å²) in [4.78, 5) is 13.8. The Hall–Kier alpha value is -4.44. The number of hydrogen-bond acceptors (Lipinski definition) is 5. The molecule has 1 saturated heterocycles. The Kier molecular flexibility index (Phi) is 7.44. The molecular weight excluding hydrogens is 515 g/mol. The number of aromatic nitrogens is 4. The SMILES string of the molecule is C=C(c1ccc(F)cc1)c1cc(-c2n[nH]c3cnc(C(/C=C(\C)CN4CCC(F)(F)C4)=C/N)cc23)[nH]c1C=NC. The van der Waals surface area contributed by atoms with Gasteiger partial charge in [0.2, 0.25) is 0 Å². The average molecular weight is 546 g/mol. The van der Waals surface area contributed by atoms with Gasteiger partial charge in [0.25, 0.3) is 5.92 Å². The number of aliphatic imine (C=N–C) groups is 1. The van der Waals surface area contributed by atoms with Crippen molar-refractivity contribution in [3.8, 4) is 11.4 Å². The maximum Gasteiger partial charge on any atom is 0.261 e. The number of fused-ring (bicyclic) bond motifs is 1. The van der Waals surface area contributed by atoms with Gasteiger partial charge in [-0.2, -0.15) is 5.10 Å². The number of aromatic amines is 2. The van der Waals surface area contributed by atoms with Gasteiger partial charge in [-0.3, -0.25) is 20.0 Å². The molecule has 0 radical (unpaired) electrons. The lowest BCUT2D eigenvalue weighted by Gasteiger charge is -2.16. The molecule has 0 atom stereocenters. The normalized spacial score (nSPS) is 16.4. The van der Waals surface area contributed by atoms with E-state index in [-0.39, 0.29) is 18.8 Å². The monoisotopic (exact) mass is 545 g/mol.